The van der Waals surface area contributed by atoms with Gasteiger partial charge < -0.3 is 14.1 Å². The second kappa shape index (κ2) is 8.50. The third-order valence-electron chi connectivity index (χ3n) is 5.74. The van der Waals surface area contributed by atoms with E-state index in [1.807, 2.05) is 51.0 Å². The van der Waals surface area contributed by atoms with Gasteiger partial charge in [-0.2, -0.15) is 0 Å². The Morgan fingerprint density at radius 1 is 1.12 bits per heavy atom. The summed E-state index contributed by atoms with van der Waals surface area (Å²) in [7, 11) is -0.373. The number of fused-ring (bicyclic) bond motifs is 1. The molecule has 0 saturated heterocycles. The highest BCUT2D eigenvalue weighted by atomic mass is 32.2. The lowest BCUT2D eigenvalue weighted by molar-refractivity contribution is 0.0956. The Balaban J connectivity index is 1.64. The molecule has 0 aliphatic heterocycles. The van der Waals surface area contributed by atoms with Crippen LogP contribution in [0.25, 0.3) is 11.0 Å². The van der Waals surface area contributed by atoms with Crippen molar-refractivity contribution in [2.24, 2.45) is 0 Å². The van der Waals surface area contributed by atoms with Crippen molar-refractivity contribution in [3.63, 3.8) is 0 Å². The molecule has 1 heterocycles. The molecule has 3 aromatic rings. The Hall–Kier alpha value is -3.00. The summed E-state index contributed by atoms with van der Waals surface area (Å²) >= 11 is 0. The fourth-order valence-electron chi connectivity index (χ4n) is 3.50. The van der Waals surface area contributed by atoms with Gasteiger partial charge in [-0.1, -0.05) is 19.9 Å². The molecule has 1 amide bonds. The normalized spacial score (nSPS) is 14.4. The molecule has 1 fully saturated rings. The van der Waals surface area contributed by atoms with Crippen LogP contribution in [0.4, 0.5) is 5.69 Å². The minimum atomic E-state index is -4.18. The predicted octanol–water partition coefficient (Wildman–Crippen LogP) is 4.67. The molecule has 0 atom stereocenters. The highest BCUT2D eigenvalue weighted by Gasteiger charge is 2.28. The van der Waals surface area contributed by atoms with Crippen molar-refractivity contribution in [3.05, 3.63) is 53.8 Å². The standard InChI is InChI=1S/C24H28N2O5S/c1-15(2)16-9-11-20(30-19-6-5-7-19)23(13-16)32(28,29)25-24(27)22-12-17-8-10-18(26(3)4)14-21(17)31-22/h8-15,19H,5-7H2,1-4H3,(H,25,27). The summed E-state index contributed by atoms with van der Waals surface area (Å²) in [6, 6.07) is 12.2. The van der Waals surface area contributed by atoms with E-state index in [1.165, 1.54) is 6.07 Å². The molecule has 4 rings (SSSR count). The second-order valence-electron chi connectivity index (χ2n) is 8.69. The average molecular weight is 457 g/mol. The molecule has 1 aliphatic carbocycles. The fourth-order valence-corrected chi connectivity index (χ4v) is 4.62. The first-order chi connectivity index (χ1) is 15.1. The molecular formula is C24H28N2O5S. The maximum absolute atomic E-state index is 13.2. The number of nitrogens with zero attached hydrogens (tertiary/aromatic N) is 1. The molecule has 0 radical (unpaired) electrons. The molecule has 1 aromatic heterocycles. The first-order valence-corrected chi connectivity index (χ1v) is 12.2. The lowest BCUT2D eigenvalue weighted by Crippen LogP contribution is -2.32. The van der Waals surface area contributed by atoms with Crippen LogP contribution in [0.15, 0.2) is 51.8 Å². The van der Waals surface area contributed by atoms with Gasteiger partial charge in [0.15, 0.2) is 5.76 Å². The van der Waals surface area contributed by atoms with Gasteiger partial charge in [-0.25, -0.2) is 13.1 Å². The monoisotopic (exact) mass is 456 g/mol. The third kappa shape index (κ3) is 4.46. The van der Waals surface area contributed by atoms with Gasteiger partial charge in [0.1, 0.15) is 16.2 Å². The molecule has 8 heteroatoms. The van der Waals surface area contributed by atoms with Crippen molar-refractivity contribution in [1.29, 1.82) is 0 Å². The minimum absolute atomic E-state index is 0.00539. The SMILES string of the molecule is CC(C)c1ccc(OC2CCC2)c(S(=O)(=O)NC(=O)c2cc3ccc(N(C)C)cc3o2)c1. The van der Waals surface area contributed by atoms with Crippen molar-refractivity contribution in [2.45, 2.75) is 50.0 Å². The molecule has 1 saturated carbocycles. The summed E-state index contributed by atoms with van der Waals surface area (Å²) in [6.45, 7) is 3.96. The van der Waals surface area contributed by atoms with Crippen molar-refractivity contribution < 1.29 is 22.4 Å². The summed E-state index contributed by atoms with van der Waals surface area (Å²) in [5.41, 5.74) is 2.27. The number of nitrogens with one attached hydrogen (secondary N) is 1. The molecule has 7 nitrogen and oxygen atoms in total. The summed E-state index contributed by atoms with van der Waals surface area (Å²) in [5.74, 6) is -0.503. The van der Waals surface area contributed by atoms with Gasteiger partial charge in [0.2, 0.25) is 0 Å². The van der Waals surface area contributed by atoms with E-state index in [0.717, 1.165) is 30.5 Å². The average Bonchev–Trinajstić information content (AvgIpc) is 3.13. The number of amides is 1. The Kier molecular flexibility index (Phi) is 5.90. The van der Waals surface area contributed by atoms with Crippen molar-refractivity contribution in [2.75, 3.05) is 19.0 Å². The number of carbonyl (C=O) groups excluding carboxylic acids is 1. The van der Waals surface area contributed by atoms with Gasteiger partial charge in [0.05, 0.1) is 6.10 Å². The zero-order valence-corrected chi connectivity index (χ0v) is 19.5. The number of hydrogen-bond donors (Lipinski definition) is 1. The van der Waals surface area contributed by atoms with Crippen LogP contribution in [0.2, 0.25) is 0 Å². The maximum atomic E-state index is 13.2. The number of furan rings is 1. The van der Waals surface area contributed by atoms with E-state index < -0.39 is 15.9 Å². The molecular weight excluding hydrogens is 428 g/mol. The number of hydrogen-bond acceptors (Lipinski definition) is 6. The molecule has 0 spiro atoms. The van der Waals surface area contributed by atoms with Crippen LogP contribution in [-0.4, -0.2) is 34.5 Å². The molecule has 0 unspecified atom stereocenters. The highest BCUT2D eigenvalue weighted by Crippen LogP contribution is 2.33. The number of anilines is 1. The highest BCUT2D eigenvalue weighted by molar-refractivity contribution is 7.90. The van der Waals surface area contributed by atoms with Gasteiger partial charge in [0, 0.05) is 31.2 Å². The number of sulfonamides is 1. The van der Waals surface area contributed by atoms with Crippen LogP contribution < -0.4 is 14.4 Å². The summed E-state index contributed by atoms with van der Waals surface area (Å²) < 4.78 is 40.1. The lowest BCUT2D eigenvalue weighted by Gasteiger charge is -2.27. The minimum Gasteiger partial charge on any atom is -0.489 e. The van der Waals surface area contributed by atoms with E-state index in [0.29, 0.717) is 11.0 Å². The first-order valence-electron chi connectivity index (χ1n) is 10.7. The van der Waals surface area contributed by atoms with Gasteiger partial charge in [-0.05, 0) is 61.1 Å². The van der Waals surface area contributed by atoms with Crippen LogP contribution in [0.1, 0.15) is 55.1 Å². The summed E-state index contributed by atoms with van der Waals surface area (Å²) in [5, 5.41) is 0.717. The molecule has 2 aromatic carbocycles. The number of carbonyl (C=O) groups is 1. The van der Waals surface area contributed by atoms with E-state index in [1.54, 1.807) is 18.2 Å². The predicted molar refractivity (Wildman–Crippen MR) is 124 cm³/mol. The number of ether oxygens (including phenoxy) is 1. The van der Waals surface area contributed by atoms with Gasteiger partial charge in [-0.15, -0.1) is 0 Å². The van der Waals surface area contributed by atoms with Crippen molar-refractivity contribution >= 4 is 32.6 Å². The maximum Gasteiger partial charge on any atom is 0.300 e. The Morgan fingerprint density at radius 2 is 1.88 bits per heavy atom. The van der Waals surface area contributed by atoms with Gasteiger partial charge >= 0.3 is 5.91 Å². The Morgan fingerprint density at radius 3 is 2.50 bits per heavy atom. The van der Waals surface area contributed by atoms with Crippen LogP contribution >= 0.6 is 0 Å². The Labute approximate surface area is 188 Å². The Bertz CT molecular complexity index is 1260. The van der Waals surface area contributed by atoms with Crippen molar-refractivity contribution in [3.8, 4) is 5.75 Å². The van der Waals surface area contributed by atoms with Crippen LogP contribution in [0.5, 0.6) is 5.75 Å². The van der Waals surface area contributed by atoms with E-state index in [4.69, 9.17) is 9.15 Å². The van der Waals surface area contributed by atoms with E-state index in [2.05, 4.69) is 4.72 Å². The zero-order chi connectivity index (χ0) is 23.0. The second-order valence-corrected chi connectivity index (χ2v) is 10.3. The fraction of sp³-hybridized carbons (Fsp3) is 0.375. The molecule has 170 valence electrons. The zero-order valence-electron chi connectivity index (χ0n) is 18.7. The number of benzene rings is 2. The molecule has 0 bridgehead atoms. The smallest absolute Gasteiger partial charge is 0.300 e. The quantitative estimate of drug-likeness (QED) is 0.556. The van der Waals surface area contributed by atoms with E-state index in [-0.39, 0.29) is 28.4 Å². The summed E-state index contributed by atoms with van der Waals surface area (Å²) in [6.07, 6.45) is 2.86. The molecule has 1 N–H and O–H groups in total. The molecule has 1 aliphatic rings. The third-order valence-corrected chi connectivity index (χ3v) is 7.09. The van der Waals surface area contributed by atoms with Crippen LogP contribution in [0.3, 0.4) is 0 Å². The largest absolute Gasteiger partial charge is 0.489 e. The van der Waals surface area contributed by atoms with Gasteiger partial charge in [0.25, 0.3) is 10.0 Å². The van der Waals surface area contributed by atoms with Crippen LogP contribution in [0, 0.1) is 0 Å². The van der Waals surface area contributed by atoms with E-state index >= 15 is 0 Å². The molecule has 32 heavy (non-hydrogen) atoms. The first kappa shape index (κ1) is 22.2. The van der Waals surface area contributed by atoms with E-state index in [9.17, 15) is 13.2 Å². The van der Waals surface area contributed by atoms with Gasteiger partial charge in [-0.3, -0.25) is 4.79 Å². The lowest BCUT2D eigenvalue weighted by atomic mass is 9.96. The van der Waals surface area contributed by atoms with Crippen molar-refractivity contribution in [1.82, 2.24) is 4.72 Å². The number of rotatable bonds is 7. The summed E-state index contributed by atoms with van der Waals surface area (Å²) in [4.78, 5) is 14.7. The van der Waals surface area contributed by atoms with Crippen LogP contribution in [-0.2, 0) is 10.0 Å². The topological polar surface area (TPSA) is 88.8 Å².